The van der Waals surface area contributed by atoms with Gasteiger partial charge in [0.1, 0.15) is 18.2 Å². The second-order valence-corrected chi connectivity index (χ2v) is 4.37. The van der Waals surface area contributed by atoms with Crippen LogP contribution >= 0.6 is 0 Å². The lowest BCUT2D eigenvalue weighted by Gasteiger charge is -2.14. The van der Waals surface area contributed by atoms with Gasteiger partial charge in [-0.2, -0.15) is 0 Å². The molecular weight excluding hydrogens is 217 g/mol. The highest BCUT2D eigenvalue weighted by Crippen LogP contribution is 2.22. The summed E-state index contributed by atoms with van der Waals surface area (Å²) in [5.74, 6) is 0.435. The molecule has 0 amide bonds. The standard InChI is InChI=1S/C14H20FNO/c1-4-13(16)8-11-7-12(15)5-6-14(11)17-9-10(2)3/h5-7,13H,2,4,8-9,16H2,1,3H3. The fourth-order valence-corrected chi connectivity index (χ4v) is 1.48. The first-order chi connectivity index (χ1) is 8.02. The van der Waals surface area contributed by atoms with Crippen molar-refractivity contribution in [2.75, 3.05) is 6.61 Å². The number of nitrogens with two attached hydrogens (primary N) is 1. The maximum absolute atomic E-state index is 13.2. The molecule has 0 aliphatic rings. The second kappa shape index (κ2) is 6.40. The van der Waals surface area contributed by atoms with Crippen LogP contribution < -0.4 is 10.5 Å². The van der Waals surface area contributed by atoms with Crippen LogP contribution in [0.15, 0.2) is 30.4 Å². The normalized spacial score (nSPS) is 12.2. The summed E-state index contributed by atoms with van der Waals surface area (Å²) < 4.78 is 18.8. The maximum Gasteiger partial charge on any atom is 0.123 e. The molecular formula is C14H20FNO. The molecule has 94 valence electrons. The highest BCUT2D eigenvalue weighted by molar-refractivity contribution is 5.35. The zero-order valence-electron chi connectivity index (χ0n) is 10.5. The van der Waals surface area contributed by atoms with Crippen LogP contribution in [0, 0.1) is 5.82 Å². The zero-order valence-corrected chi connectivity index (χ0v) is 10.5. The molecule has 0 aliphatic heterocycles. The van der Waals surface area contributed by atoms with Crippen LogP contribution in [0.25, 0.3) is 0 Å². The second-order valence-electron chi connectivity index (χ2n) is 4.37. The van der Waals surface area contributed by atoms with Gasteiger partial charge in [0.2, 0.25) is 0 Å². The predicted octanol–water partition coefficient (Wildman–Crippen LogP) is 3.06. The Morgan fingerprint density at radius 1 is 1.53 bits per heavy atom. The van der Waals surface area contributed by atoms with Gasteiger partial charge in [0, 0.05) is 6.04 Å². The first kappa shape index (κ1) is 13.7. The molecule has 2 nitrogen and oxygen atoms in total. The van der Waals surface area contributed by atoms with E-state index in [1.807, 2.05) is 13.8 Å². The minimum Gasteiger partial charge on any atom is -0.489 e. The molecule has 0 aliphatic carbocycles. The predicted molar refractivity (Wildman–Crippen MR) is 68.7 cm³/mol. The van der Waals surface area contributed by atoms with E-state index < -0.39 is 0 Å². The van der Waals surface area contributed by atoms with E-state index in [1.165, 1.54) is 12.1 Å². The van der Waals surface area contributed by atoms with Gasteiger partial charge in [-0.05, 0) is 49.1 Å². The molecule has 0 saturated carbocycles. The summed E-state index contributed by atoms with van der Waals surface area (Å²) >= 11 is 0. The van der Waals surface area contributed by atoms with Gasteiger partial charge < -0.3 is 10.5 Å². The molecule has 3 heteroatoms. The SMILES string of the molecule is C=C(C)COc1ccc(F)cc1CC(N)CC. The van der Waals surface area contributed by atoms with Gasteiger partial charge in [-0.3, -0.25) is 0 Å². The Kier molecular flexibility index (Phi) is 5.16. The van der Waals surface area contributed by atoms with Gasteiger partial charge >= 0.3 is 0 Å². The van der Waals surface area contributed by atoms with Gasteiger partial charge in [0.05, 0.1) is 0 Å². The van der Waals surface area contributed by atoms with Crippen LogP contribution in [0.2, 0.25) is 0 Å². The lowest BCUT2D eigenvalue weighted by molar-refractivity contribution is 0.347. The topological polar surface area (TPSA) is 35.2 Å². The van der Waals surface area contributed by atoms with Gasteiger partial charge in [-0.25, -0.2) is 4.39 Å². The lowest BCUT2D eigenvalue weighted by Crippen LogP contribution is -2.22. The third kappa shape index (κ3) is 4.57. The van der Waals surface area contributed by atoms with Crippen molar-refractivity contribution in [2.45, 2.75) is 32.7 Å². The average Bonchev–Trinajstić information content (AvgIpc) is 2.27. The van der Waals surface area contributed by atoms with Gasteiger partial charge in [-0.15, -0.1) is 0 Å². The molecule has 1 aromatic rings. The molecule has 17 heavy (non-hydrogen) atoms. The third-order valence-corrected chi connectivity index (χ3v) is 2.50. The number of hydrogen-bond acceptors (Lipinski definition) is 2. The summed E-state index contributed by atoms with van der Waals surface area (Å²) in [7, 11) is 0. The summed E-state index contributed by atoms with van der Waals surface area (Å²) in [6, 6.07) is 4.57. The van der Waals surface area contributed by atoms with E-state index in [9.17, 15) is 4.39 Å². The molecule has 0 heterocycles. The molecule has 1 atom stereocenters. The quantitative estimate of drug-likeness (QED) is 0.772. The molecule has 0 fully saturated rings. The fourth-order valence-electron chi connectivity index (χ4n) is 1.48. The Labute approximate surface area is 102 Å². The Morgan fingerprint density at radius 3 is 2.82 bits per heavy atom. The summed E-state index contributed by atoms with van der Waals surface area (Å²) in [6.07, 6.45) is 1.48. The van der Waals surface area contributed by atoms with Crippen molar-refractivity contribution in [2.24, 2.45) is 5.73 Å². The zero-order chi connectivity index (χ0) is 12.8. The van der Waals surface area contributed by atoms with Crippen LogP contribution in [0.3, 0.4) is 0 Å². The van der Waals surface area contributed by atoms with Crippen molar-refractivity contribution < 1.29 is 9.13 Å². The number of hydrogen-bond donors (Lipinski definition) is 1. The summed E-state index contributed by atoms with van der Waals surface area (Å²) in [6.45, 7) is 8.12. The average molecular weight is 237 g/mol. The highest BCUT2D eigenvalue weighted by atomic mass is 19.1. The van der Waals surface area contributed by atoms with Crippen LogP contribution in [0.5, 0.6) is 5.75 Å². The highest BCUT2D eigenvalue weighted by Gasteiger charge is 2.09. The summed E-state index contributed by atoms with van der Waals surface area (Å²) in [5.41, 5.74) is 7.63. The number of benzene rings is 1. The Morgan fingerprint density at radius 2 is 2.24 bits per heavy atom. The van der Waals surface area contributed by atoms with E-state index in [4.69, 9.17) is 10.5 Å². The third-order valence-electron chi connectivity index (χ3n) is 2.50. The largest absolute Gasteiger partial charge is 0.489 e. The summed E-state index contributed by atoms with van der Waals surface area (Å²) in [4.78, 5) is 0. The van der Waals surface area contributed by atoms with Gasteiger partial charge in [-0.1, -0.05) is 13.5 Å². The number of rotatable bonds is 6. The molecule has 1 aromatic carbocycles. The number of halogens is 1. The van der Waals surface area contributed by atoms with Crippen molar-refractivity contribution in [1.29, 1.82) is 0 Å². The Balaban J connectivity index is 2.83. The van der Waals surface area contributed by atoms with Crippen LogP contribution in [0.1, 0.15) is 25.8 Å². The Bertz CT molecular complexity index is 390. The van der Waals surface area contributed by atoms with Crippen molar-refractivity contribution in [3.05, 3.63) is 41.7 Å². The molecule has 1 rings (SSSR count). The number of ether oxygens (including phenoxy) is 1. The van der Waals surface area contributed by atoms with E-state index in [1.54, 1.807) is 6.07 Å². The van der Waals surface area contributed by atoms with E-state index in [2.05, 4.69) is 6.58 Å². The van der Waals surface area contributed by atoms with Gasteiger partial charge in [0.25, 0.3) is 0 Å². The van der Waals surface area contributed by atoms with Crippen LogP contribution in [-0.2, 0) is 6.42 Å². The first-order valence-electron chi connectivity index (χ1n) is 5.84. The monoisotopic (exact) mass is 237 g/mol. The summed E-state index contributed by atoms with van der Waals surface area (Å²) in [5, 5.41) is 0. The van der Waals surface area contributed by atoms with Crippen molar-refractivity contribution >= 4 is 0 Å². The molecule has 0 aromatic heterocycles. The molecule has 2 N–H and O–H groups in total. The first-order valence-corrected chi connectivity index (χ1v) is 5.84. The Hall–Kier alpha value is -1.35. The minimum atomic E-state index is -0.258. The molecule has 0 bridgehead atoms. The van der Waals surface area contributed by atoms with Crippen LogP contribution in [-0.4, -0.2) is 12.6 Å². The minimum absolute atomic E-state index is 0.0315. The lowest BCUT2D eigenvalue weighted by atomic mass is 10.0. The van der Waals surface area contributed by atoms with Crippen molar-refractivity contribution in [3.8, 4) is 5.75 Å². The maximum atomic E-state index is 13.2. The van der Waals surface area contributed by atoms with Crippen LogP contribution in [0.4, 0.5) is 4.39 Å². The smallest absolute Gasteiger partial charge is 0.123 e. The van der Waals surface area contributed by atoms with Gasteiger partial charge in [0.15, 0.2) is 0 Å². The molecule has 0 saturated heterocycles. The van der Waals surface area contributed by atoms with E-state index in [-0.39, 0.29) is 11.9 Å². The molecule has 1 unspecified atom stereocenters. The van der Waals surface area contributed by atoms with E-state index in [0.717, 1.165) is 17.6 Å². The van der Waals surface area contributed by atoms with E-state index in [0.29, 0.717) is 18.8 Å². The fraction of sp³-hybridized carbons (Fsp3) is 0.429. The molecule has 0 radical (unpaired) electrons. The van der Waals surface area contributed by atoms with Crippen molar-refractivity contribution in [1.82, 2.24) is 0 Å². The van der Waals surface area contributed by atoms with E-state index >= 15 is 0 Å². The van der Waals surface area contributed by atoms with Crippen molar-refractivity contribution in [3.63, 3.8) is 0 Å². The molecule has 0 spiro atoms.